The molecule has 4 rings (SSSR count). The van der Waals surface area contributed by atoms with E-state index in [1.165, 1.54) is 18.2 Å². The fourth-order valence-electron chi connectivity index (χ4n) is 4.98. The van der Waals surface area contributed by atoms with Crippen molar-refractivity contribution in [3.05, 3.63) is 96.1 Å². The molecule has 0 saturated heterocycles. The molecule has 0 radical (unpaired) electrons. The maximum atomic E-state index is 12.3. The summed E-state index contributed by atoms with van der Waals surface area (Å²) in [6.07, 6.45) is 8.02. The summed E-state index contributed by atoms with van der Waals surface area (Å²) in [5.74, 6) is 0.513. The Bertz CT molecular complexity index is 1680. The van der Waals surface area contributed by atoms with Crippen LogP contribution in [0.5, 0.6) is 34.5 Å². The minimum absolute atomic E-state index is 0. The largest absolute Gasteiger partial charge is 2.00 e. The molecular weight excluding hydrogens is 697 g/mol. The van der Waals surface area contributed by atoms with Gasteiger partial charge < -0.3 is 24.2 Å². The van der Waals surface area contributed by atoms with Crippen molar-refractivity contribution in [2.24, 2.45) is 0 Å². The first kappa shape index (κ1) is 42.3. The normalized spacial score (nSPS) is 11.2. The molecule has 0 aromatic heterocycles. The van der Waals surface area contributed by atoms with Gasteiger partial charge in [-0.3, -0.25) is 4.55 Å². The number of ether oxygens (including phenoxy) is 2. The Balaban J connectivity index is 0.000000333. The molecule has 0 aliphatic rings. The Morgan fingerprint density at radius 2 is 1.06 bits per heavy atom. The Hall–Kier alpha value is -2.84. The first-order valence-electron chi connectivity index (χ1n) is 15.9. The van der Waals surface area contributed by atoms with Gasteiger partial charge in [0.15, 0.2) is 0 Å². The number of phenols is 1. The van der Waals surface area contributed by atoms with E-state index in [4.69, 9.17) is 9.47 Å². The molecule has 10 nitrogen and oxygen atoms in total. The van der Waals surface area contributed by atoms with E-state index in [2.05, 4.69) is 13.8 Å². The van der Waals surface area contributed by atoms with Crippen LogP contribution in [-0.2, 0) is 33.1 Å². The summed E-state index contributed by atoms with van der Waals surface area (Å²) in [6, 6.07) is 22.5. The van der Waals surface area contributed by atoms with Crippen LogP contribution in [0.25, 0.3) is 0 Å². The second-order valence-electron chi connectivity index (χ2n) is 11.2. The predicted molar refractivity (Wildman–Crippen MR) is 186 cm³/mol. The Morgan fingerprint density at radius 3 is 1.51 bits per heavy atom. The number of rotatable bonds is 16. The first-order valence-corrected chi connectivity index (χ1v) is 18.8. The topological polar surface area (TPSA) is 173 Å². The molecule has 0 atom stereocenters. The second kappa shape index (κ2) is 20.7. The second-order valence-corrected chi connectivity index (χ2v) is 13.9. The van der Waals surface area contributed by atoms with Gasteiger partial charge in [-0.2, -0.15) is 8.42 Å². The number of benzene rings is 4. The van der Waals surface area contributed by atoms with Gasteiger partial charge in [0, 0.05) is 17.7 Å². The third kappa shape index (κ3) is 14.1. The van der Waals surface area contributed by atoms with Gasteiger partial charge in [0.05, 0.1) is 4.90 Å². The molecule has 0 bridgehead atoms. The molecule has 4 aromatic rings. The average molecular weight is 739 g/mol. The van der Waals surface area contributed by atoms with Crippen LogP contribution >= 0.6 is 0 Å². The number of unbranched alkanes of at least 4 members (excludes halogenated alkanes) is 6. The molecule has 13 heteroatoms. The van der Waals surface area contributed by atoms with Gasteiger partial charge in [0.2, 0.25) is 0 Å². The molecule has 0 aliphatic carbocycles. The summed E-state index contributed by atoms with van der Waals surface area (Å²) in [4.78, 5) is -0.776. The van der Waals surface area contributed by atoms with Gasteiger partial charge >= 0.3 is 37.7 Å². The van der Waals surface area contributed by atoms with E-state index in [1.54, 1.807) is 54.6 Å². The van der Waals surface area contributed by atoms with Crippen molar-refractivity contribution in [3.63, 3.8) is 0 Å². The number of aromatic hydroxyl groups is 1. The molecule has 0 unspecified atom stereocenters. The maximum absolute atomic E-state index is 12.3. The van der Waals surface area contributed by atoms with E-state index in [-0.39, 0.29) is 77.4 Å². The molecular formula is C36H42CaO10S2. The Kier molecular flexibility index (Phi) is 17.9. The van der Waals surface area contributed by atoms with Gasteiger partial charge in [-0.1, -0.05) is 88.8 Å². The Labute approximate surface area is 319 Å². The first-order chi connectivity index (χ1) is 22.8. The maximum Gasteiger partial charge on any atom is 2.00 e. The van der Waals surface area contributed by atoms with Gasteiger partial charge in [-0.05, 0) is 67.6 Å². The summed E-state index contributed by atoms with van der Waals surface area (Å²) in [6.45, 7) is 4.14. The zero-order valence-electron chi connectivity index (χ0n) is 27.8. The average Bonchev–Trinajstić information content (AvgIpc) is 3.03. The van der Waals surface area contributed by atoms with Crippen LogP contribution in [0.3, 0.4) is 0 Å². The predicted octanol–water partition coefficient (Wildman–Crippen LogP) is 7.75. The monoisotopic (exact) mass is 738 g/mol. The van der Waals surface area contributed by atoms with E-state index in [0.717, 1.165) is 51.0 Å². The molecule has 0 heterocycles. The number of hydrogen-bond donors (Lipinski definition) is 2. The van der Waals surface area contributed by atoms with E-state index < -0.39 is 30.9 Å². The molecule has 260 valence electrons. The summed E-state index contributed by atoms with van der Waals surface area (Å²) < 4.78 is 78.6. The van der Waals surface area contributed by atoms with Crippen LogP contribution in [-0.4, -0.2) is 68.8 Å². The summed E-state index contributed by atoms with van der Waals surface area (Å²) in [5.41, 5.74) is 0.288. The van der Waals surface area contributed by atoms with E-state index in [9.17, 15) is 36.2 Å². The minimum Gasteiger partial charge on any atom is -0.872 e. The molecule has 0 saturated carbocycles. The third-order valence-corrected chi connectivity index (χ3v) is 9.19. The van der Waals surface area contributed by atoms with Crippen molar-refractivity contribution in [1.29, 1.82) is 0 Å². The molecule has 0 aliphatic heterocycles. The van der Waals surface area contributed by atoms with Crippen LogP contribution in [0, 0.1) is 0 Å². The van der Waals surface area contributed by atoms with Crippen LogP contribution < -0.4 is 14.6 Å². The smallest absolute Gasteiger partial charge is 0.872 e. The Morgan fingerprint density at radius 1 is 0.612 bits per heavy atom. The van der Waals surface area contributed by atoms with Crippen LogP contribution in [0.2, 0.25) is 0 Å². The van der Waals surface area contributed by atoms with Crippen LogP contribution in [0.1, 0.15) is 76.3 Å². The van der Waals surface area contributed by atoms with Crippen molar-refractivity contribution in [2.45, 2.75) is 87.8 Å². The summed E-state index contributed by atoms with van der Waals surface area (Å²) in [7, 11) is -9.20. The number of hydrogen-bond acceptors (Lipinski definition) is 9. The van der Waals surface area contributed by atoms with Gasteiger partial charge in [-0.25, -0.2) is 8.42 Å². The molecule has 2 N–H and O–H groups in total. The van der Waals surface area contributed by atoms with Gasteiger partial charge in [0.1, 0.15) is 43.8 Å². The summed E-state index contributed by atoms with van der Waals surface area (Å²) >= 11 is 0. The fourth-order valence-corrected chi connectivity index (χ4v) is 6.52. The van der Waals surface area contributed by atoms with Crippen molar-refractivity contribution >= 4 is 58.0 Å². The third-order valence-electron chi connectivity index (χ3n) is 7.37. The van der Waals surface area contributed by atoms with Gasteiger partial charge in [0.25, 0.3) is 10.1 Å². The van der Waals surface area contributed by atoms with Crippen molar-refractivity contribution in [3.8, 4) is 34.5 Å². The SMILES string of the molecule is CCCCCCc1c(O)cc(Oc2ccccc2)cc1S(=O)(=O)O.CCCCCCc1c([O-])cc(Oc2ccccc2)cc1S(=O)(=O)[O-].[Ca+2]. The standard InChI is InChI=1S/2C18H22O5S.Ca/c2*1-2-3-4-8-11-16-17(19)12-15(13-18(16)24(20,21)22)23-14-9-6-5-7-10-14;/h2*5-7,9-10,12-13,19H,2-4,8,11H2,1H3,(H,20,21,22);/q;;+2/p-2. The van der Waals surface area contributed by atoms with E-state index in [1.807, 2.05) is 6.07 Å². The van der Waals surface area contributed by atoms with Crippen molar-refractivity contribution in [2.75, 3.05) is 0 Å². The quantitative estimate of drug-likeness (QED) is 0.0657. The van der Waals surface area contributed by atoms with Crippen LogP contribution in [0.15, 0.2) is 94.7 Å². The zero-order chi connectivity index (χ0) is 35.2. The van der Waals surface area contributed by atoms with Crippen molar-refractivity contribution in [1.82, 2.24) is 0 Å². The molecule has 4 aromatic carbocycles. The molecule has 0 fully saturated rings. The fraction of sp³-hybridized carbons (Fsp3) is 0.333. The zero-order valence-corrected chi connectivity index (χ0v) is 31.7. The van der Waals surface area contributed by atoms with Crippen molar-refractivity contribution < 1.29 is 45.6 Å². The van der Waals surface area contributed by atoms with Crippen LogP contribution in [0.4, 0.5) is 0 Å². The van der Waals surface area contributed by atoms with E-state index in [0.29, 0.717) is 24.3 Å². The minimum atomic E-state index is -4.74. The molecule has 0 amide bonds. The van der Waals surface area contributed by atoms with E-state index >= 15 is 0 Å². The molecule has 49 heavy (non-hydrogen) atoms. The van der Waals surface area contributed by atoms with Gasteiger partial charge in [-0.15, -0.1) is 5.75 Å². The number of phenolic OH excluding ortho intramolecular Hbond substituents is 1. The molecule has 0 spiro atoms. The number of para-hydroxylation sites is 2. The summed E-state index contributed by atoms with van der Waals surface area (Å²) in [5, 5.41) is 22.5.